The fraction of sp³-hybridized carbons (Fsp3) is 0.286. The topological polar surface area (TPSA) is 37.2 Å². The summed E-state index contributed by atoms with van der Waals surface area (Å²) in [7, 11) is 1.39. The van der Waals surface area contributed by atoms with Gasteiger partial charge in [-0.15, -0.1) is 0 Å². The van der Waals surface area contributed by atoms with Crippen LogP contribution < -0.4 is 0 Å². The van der Waals surface area contributed by atoms with Crippen LogP contribution in [0.15, 0.2) is 46.4 Å². The van der Waals surface area contributed by atoms with Gasteiger partial charge < -0.3 is 0 Å². The standard InChI is InChI=1S/C14H11Cl6N3O/c1-24-23-10(8-7-9-5-3-2-4-6-9)21-11(13(15,16)17)22-12(23)14(18,19)20/h2-8,10H,1H3. The molecule has 1 aromatic rings. The molecule has 0 saturated carbocycles. The van der Waals surface area contributed by atoms with Gasteiger partial charge in [-0.3, -0.25) is 4.84 Å². The number of alkyl halides is 6. The van der Waals surface area contributed by atoms with Gasteiger partial charge in [-0.05, 0) is 11.6 Å². The number of rotatable bonds is 3. The summed E-state index contributed by atoms with van der Waals surface area (Å²) < 4.78 is -3.77. The van der Waals surface area contributed by atoms with Crippen LogP contribution in [0.5, 0.6) is 0 Å². The lowest BCUT2D eigenvalue weighted by atomic mass is 10.2. The number of hydroxylamine groups is 2. The first-order chi connectivity index (χ1) is 11.1. The molecule has 1 aromatic carbocycles. The number of hydrogen-bond acceptors (Lipinski definition) is 4. The van der Waals surface area contributed by atoms with Gasteiger partial charge in [0.1, 0.15) is 0 Å². The van der Waals surface area contributed by atoms with Crippen LogP contribution in [0.1, 0.15) is 5.56 Å². The molecule has 10 heteroatoms. The SMILES string of the molecule is CON1C(C(Cl)(Cl)Cl)=NC(C(Cl)(Cl)Cl)=NC1C=Cc1ccccc1. The molecule has 0 bridgehead atoms. The summed E-state index contributed by atoms with van der Waals surface area (Å²) in [6.07, 6.45) is 2.79. The maximum Gasteiger partial charge on any atom is 0.250 e. The van der Waals surface area contributed by atoms with E-state index in [1.54, 1.807) is 6.08 Å². The smallest absolute Gasteiger partial charge is 0.250 e. The van der Waals surface area contributed by atoms with E-state index in [-0.39, 0.29) is 11.7 Å². The van der Waals surface area contributed by atoms with E-state index >= 15 is 0 Å². The van der Waals surface area contributed by atoms with Crippen LogP contribution in [-0.2, 0) is 4.84 Å². The number of amidine groups is 2. The largest absolute Gasteiger partial charge is 0.273 e. The van der Waals surface area contributed by atoms with Crippen LogP contribution >= 0.6 is 69.6 Å². The fourth-order valence-corrected chi connectivity index (χ4v) is 2.53. The van der Waals surface area contributed by atoms with E-state index in [0.29, 0.717) is 0 Å². The van der Waals surface area contributed by atoms with Crippen LogP contribution in [-0.4, -0.2) is 37.6 Å². The van der Waals surface area contributed by atoms with Crippen LogP contribution in [0.4, 0.5) is 0 Å². The second-order valence-electron chi connectivity index (χ2n) is 4.58. The Morgan fingerprint density at radius 1 is 1.04 bits per heavy atom. The highest BCUT2D eigenvalue weighted by Gasteiger charge is 2.42. The van der Waals surface area contributed by atoms with Crippen molar-refractivity contribution in [2.75, 3.05) is 7.11 Å². The van der Waals surface area contributed by atoms with Gasteiger partial charge in [0.05, 0.1) is 7.11 Å². The molecule has 2 rings (SSSR count). The Kier molecular flexibility index (Phi) is 6.71. The predicted octanol–water partition coefficient (Wildman–Crippen LogP) is 5.44. The Balaban J connectivity index is 2.43. The summed E-state index contributed by atoms with van der Waals surface area (Å²) in [6.45, 7) is 0. The van der Waals surface area contributed by atoms with Crippen molar-refractivity contribution in [2.45, 2.75) is 13.8 Å². The van der Waals surface area contributed by atoms with Gasteiger partial charge >= 0.3 is 0 Å². The van der Waals surface area contributed by atoms with E-state index in [1.165, 1.54) is 12.2 Å². The van der Waals surface area contributed by atoms with Crippen LogP contribution in [0.3, 0.4) is 0 Å². The molecule has 0 spiro atoms. The van der Waals surface area contributed by atoms with Gasteiger partial charge in [-0.25, -0.2) is 15.0 Å². The molecule has 0 aliphatic carbocycles. The van der Waals surface area contributed by atoms with Gasteiger partial charge in [0.15, 0.2) is 17.8 Å². The summed E-state index contributed by atoms with van der Waals surface area (Å²) in [5.74, 6) is -0.168. The zero-order chi connectivity index (χ0) is 18.0. The quantitative estimate of drug-likeness (QED) is 0.576. The molecule has 1 unspecified atom stereocenters. The van der Waals surface area contributed by atoms with Gasteiger partial charge in [0.25, 0.3) is 0 Å². The normalized spacial score (nSPS) is 19.5. The lowest BCUT2D eigenvalue weighted by Crippen LogP contribution is -2.48. The molecule has 1 heterocycles. The summed E-state index contributed by atoms with van der Waals surface area (Å²) in [6, 6.07) is 9.55. The third kappa shape index (κ3) is 5.15. The van der Waals surface area contributed by atoms with E-state index in [9.17, 15) is 0 Å². The Morgan fingerprint density at radius 3 is 2.17 bits per heavy atom. The molecule has 0 fully saturated rings. The van der Waals surface area contributed by atoms with E-state index in [4.69, 9.17) is 74.4 Å². The van der Waals surface area contributed by atoms with Gasteiger partial charge in [-0.2, -0.15) is 0 Å². The number of hydrogen-bond donors (Lipinski definition) is 0. The second-order valence-corrected chi connectivity index (χ2v) is 9.14. The van der Waals surface area contributed by atoms with Crippen molar-refractivity contribution in [3.63, 3.8) is 0 Å². The minimum absolute atomic E-state index is 0.0611. The van der Waals surface area contributed by atoms with Crippen molar-refractivity contribution in [2.24, 2.45) is 9.98 Å². The first kappa shape index (κ1) is 20.1. The Labute approximate surface area is 169 Å². The highest BCUT2D eigenvalue weighted by atomic mass is 35.6. The molecular formula is C14H11Cl6N3O. The summed E-state index contributed by atoms with van der Waals surface area (Å²) in [4.78, 5) is 13.5. The third-order valence-electron chi connectivity index (χ3n) is 2.88. The minimum atomic E-state index is -1.90. The molecular weight excluding hydrogens is 439 g/mol. The van der Waals surface area contributed by atoms with Crippen LogP contribution in [0, 0.1) is 0 Å². The lowest BCUT2D eigenvalue weighted by molar-refractivity contribution is -0.0849. The average molecular weight is 450 g/mol. The maximum absolute atomic E-state index is 5.95. The zero-order valence-corrected chi connectivity index (χ0v) is 16.7. The average Bonchev–Trinajstić information content (AvgIpc) is 2.51. The molecule has 4 nitrogen and oxygen atoms in total. The Morgan fingerprint density at radius 2 is 1.67 bits per heavy atom. The molecule has 0 radical (unpaired) electrons. The maximum atomic E-state index is 5.95. The molecule has 1 atom stereocenters. The van der Waals surface area contributed by atoms with E-state index in [1.807, 2.05) is 36.4 Å². The van der Waals surface area contributed by atoms with E-state index < -0.39 is 13.8 Å². The highest BCUT2D eigenvalue weighted by molar-refractivity contribution is 6.79. The summed E-state index contributed by atoms with van der Waals surface area (Å²) >= 11 is 35.5. The molecule has 0 aromatic heterocycles. The van der Waals surface area contributed by atoms with Gasteiger partial charge in [0.2, 0.25) is 7.59 Å². The number of benzene rings is 1. The van der Waals surface area contributed by atoms with Crippen LogP contribution in [0.2, 0.25) is 0 Å². The predicted molar refractivity (Wildman–Crippen MR) is 104 cm³/mol. The van der Waals surface area contributed by atoms with Gasteiger partial charge in [0, 0.05) is 0 Å². The molecule has 24 heavy (non-hydrogen) atoms. The van der Waals surface area contributed by atoms with Crippen molar-refractivity contribution in [1.82, 2.24) is 5.06 Å². The Hall–Kier alpha value is -0.200. The van der Waals surface area contributed by atoms with Gasteiger partial charge in [-0.1, -0.05) is 106 Å². The monoisotopic (exact) mass is 447 g/mol. The number of aliphatic imine (C=N–C) groups is 2. The fourth-order valence-electron chi connectivity index (χ4n) is 1.88. The molecule has 0 amide bonds. The highest BCUT2D eigenvalue weighted by Crippen LogP contribution is 2.37. The van der Waals surface area contributed by atoms with Crippen molar-refractivity contribution in [3.05, 3.63) is 42.0 Å². The number of halogens is 6. The molecule has 130 valence electrons. The van der Waals surface area contributed by atoms with Crippen molar-refractivity contribution >= 4 is 87.4 Å². The van der Waals surface area contributed by atoms with Crippen molar-refractivity contribution in [3.8, 4) is 0 Å². The second kappa shape index (κ2) is 8.00. The minimum Gasteiger partial charge on any atom is -0.273 e. The summed E-state index contributed by atoms with van der Waals surface area (Å²) in [5.41, 5.74) is 0.942. The zero-order valence-electron chi connectivity index (χ0n) is 12.1. The number of nitrogens with zero attached hydrogens (tertiary/aromatic N) is 3. The first-order valence-electron chi connectivity index (χ1n) is 6.50. The van der Waals surface area contributed by atoms with E-state index in [0.717, 1.165) is 5.56 Å². The molecule has 1 aliphatic heterocycles. The lowest BCUT2D eigenvalue weighted by Gasteiger charge is -2.34. The van der Waals surface area contributed by atoms with Crippen molar-refractivity contribution in [1.29, 1.82) is 0 Å². The van der Waals surface area contributed by atoms with Crippen molar-refractivity contribution < 1.29 is 4.84 Å². The first-order valence-corrected chi connectivity index (χ1v) is 8.77. The summed E-state index contributed by atoms with van der Waals surface area (Å²) in [5, 5.41) is 1.23. The molecule has 0 saturated heterocycles. The third-order valence-corrected chi connectivity index (χ3v) is 3.89. The Bertz CT molecular complexity index is 663. The molecule has 1 aliphatic rings. The van der Waals surface area contributed by atoms with Crippen LogP contribution in [0.25, 0.3) is 6.08 Å². The molecule has 0 N–H and O–H groups in total. The van der Waals surface area contributed by atoms with E-state index in [2.05, 4.69) is 9.98 Å².